The number of Topliss-reactive ketones (excluding diaryl/α,β-unsaturated/α-hetero) is 1. The highest BCUT2D eigenvalue weighted by molar-refractivity contribution is 7.12. The van der Waals surface area contributed by atoms with Gasteiger partial charge in [0.2, 0.25) is 5.91 Å². The molecule has 1 amide bonds. The van der Waals surface area contributed by atoms with Gasteiger partial charge in [0.1, 0.15) is 0 Å². The van der Waals surface area contributed by atoms with E-state index in [4.69, 9.17) is 0 Å². The number of hydrogen-bond acceptors (Lipinski definition) is 3. The quantitative estimate of drug-likeness (QED) is 0.633. The molecule has 0 aliphatic rings. The van der Waals surface area contributed by atoms with Crippen LogP contribution in [0.1, 0.15) is 40.2 Å². The van der Waals surface area contributed by atoms with Gasteiger partial charge in [0.25, 0.3) is 0 Å². The Hall–Kier alpha value is -2.40. The predicted octanol–water partition coefficient (Wildman–Crippen LogP) is 4.21. The van der Waals surface area contributed by atoms with Crippen LogP contribution in [0, 0.1) is 6.92 Å². The Morgan fingerprint density at radius 2 is 2.04 bits per heavy atom. The van der Waals surface area contributed by atoms with Crippen molar-refractivity contribution in [2.24, 2.45) is 0 Å². The number of aryl methyl sites for hydroxylation is 1. The minimum atomic E-state index is -0.0145. The van der Waals surface area contributed by atoms with E-state index in [9.17, 15) is 9.59 Å². The van der Waals surface area contributed by atoms with Crippen LogP contribution < -0.4 is 5.32 Å². The molecule has 0 saturated heterocycles. The van der Waals surface area contributed by atoms with Crippen LogP contribution in [-0.2, 0) is 11.3 Å². The highest BCUT2D eigenvalue weighted by Crippen LogP contribution is 2.17. The molecular formula is C19H20N2O2S. The third kappa shape index (κ3) is 4.11. The first-order valence-corrected chi connectivity index (χ1v) is 8.91. The molecule has 0 aliphatic heterocycles. The van der Waals surface area contributed by atoms with E-state index >= 15 is 0 Å². The second-order valence-corrected chi connectivity index (χ2v) is 6.85. The van der Waals surface area contributed by atoms with Crippen LogP contribution in [-0.4, -0.2) is 16.7 Å². The highest BCUT2D eigenvalue weighted by atomic mass is 32.1. The number of carbonyl (C=O) groups excluding carboxylic acids is 2. The molecule has 5 heteroatoms. The van der Waals surface area contributed by atoms with E-state index < -0.39 is 0 Å². The third-order valence-electron chi connectivity index (χ3n) is 3.91. The first-order valence-electron chi connectivity index (χ1n) is 8.03. The summed E-state index contributed by atoms with van der Waals surface area (Å²) < 4.78 is 0. The zero-order chi connectivity index (χ0) is 16.9. The maximum absolute atomic E-state index is 11.9. The number of nitrogens with one attached hydrogen (secondary N) is 2. The number of amides is 1. The van der Waals surface area contributed by atoms with Crippen LogP contribution in [0.4, 0.5) is 0 Å². The molecule has 2 aromatic heterocycles. The molecule has 4 nitrogen and oxygen atoms in total. The predicted molar refractivity (Wildman–Crippen MR) is 97.4 cm³/mol. The van der Waals surface area contributed by atoms with Gasteiger partial charge in [-0.05, 0) is 53.9 Å². The number of fused-ring (bicyclic) bond motifs is 1. The van der Waals surface area contributed by atoms with E-state index in [-0.39, 0.29) is 11.7 Å². The van der Waals surface area contributed by atoms with Gasteiger partial charge in [-0.15, -0.1) is 11.3 Å². The SMILES string of the molecule is Cc1cc2cc(CNC(=O)CCCC(=O)c3cccs3)ccc2[nH]1. The molecule has 2 N–H and O–H groups in total. The number of aromatic nitrogens is 1. The third-order valence-corrected chi connectivity index (χ3v) is 4.82. The second kappa shape index (κ2) is 7.45. The summed E-state index contributed by atoms with van der Waals surface area (Å²) in [6.07, 6.45) is 1.38. The first kappa shape index (κ1) is 16.5. The second-order valence-electron chi connectivity index (χ2n) is 5.90. The largest absolute Gasteiger partial charge is 0.359 e. The highest BCUT2D eigenvalue weighted by Gasteiger charge is 2.08. The Bertz CT molecular complexity index is 850. The van der Waals surface area contributed by atoms with Gasteiger partial charge in [0, 0.05) is 30.6 Å². The Balaban J connectivity index is 1.43. The Morgan fingerprint density at radius 1 is 1.17 bits per heavy atom. The van der Waals surface area contributed by atoms with Gasteiger partial charge >= 0.3 is 0 Å². The maximum atomic E-state index is 11.9. The van der Waals surface area contributed by atoms with Gasteiger partial charge < -0.3 is 10.3 Å². The monoisotopic (exact) mass is 340 g/mol. The number of ketones is 1. The molecule has 0 atom stereocenters. The van der Waals surface area contributed by atoms with Gasteiger partial charge in [-0.3, -0.25) is 9.59 Å². The van der Waals surface area contributed by atoms with Gasteiger partial charge in [0.05, 0.1) is 4.88 Å². The van der Waals surface area contributed by atoms with Crippen molar-refractivity contribution in [3.05, 3.63) is 57.9 Å². The van der Waals surface area contributed by atoms with E-state index in [1.54, 1.807) is 0 Å². The number of hydrogen-bond donors (Lipinski definition) is 2. The van der Waals surface area contributed by atoms with Crippen molar-refractivity contribution in [1.82, 2.24) is 10.3 Å². The summed E-state index contributed by atoms with van der Waals surface area (Å²) in [7, 11) is 0. The van der Waals surface area contributed by atoms with Gasteiger partial charge in [-0.1, -0.05) is 12.1 Å². The topological polar surface area (TPSA) is 62.0 Å². The summed E-state index contributed by atoms with van der Waals surface area (Å²) in [4.78, 5) is 27.8. The fraction of sp³-hybridized carbons (Fsp3) is 0.263. The van der Waals surface area contributed by atoms with E-state index in [0.29, 0.717) is 25.8 Å². The summed E-state index contributed by atoms with van der Waals surface area (Å²) >= 11 is 1.45. The van der Waals surface area contributed by atoms with Crippen molar-refractivity contribution >= 4 is 33.9 Å². The van der Waals surface area contributed by atoms with E-state index in [0.717, 1.165) is 27.0 Å². The van der Waals surface area contributed by atoms with Gasteiger partial charge in [0.15, 0.2) is 5.78 Å². The van der Waals surface area contributed by atoms with Crippen LogP contribution in [0.2, 0.25) is 0 Å². The molecule has 1 aromatic carbocycles. The molecule has 24 heavy (non-hydrogen) atoms. The molecule has 3 aromatic rings. The molecule has 0 unspecified atom stereocenters. The number of H-pyrrole nitrogens is 1. The van der Waals surface area contributed by atoms with Crippen molar-refractivity contribution in [3.63, 3.8) is 0 Å². The minimum Gasteiger partial charge on any atom is -0.359 e. The molecule has 0 spiro atoms. The van der Waals surface area contributed by atoms with Crippen LogP contribution in [0.5, 0.6) is 0 Å². The molecule has 0 bridgehead atoms. The zero-order valence-corrected chi connectivity index (χ0v) is 14.4. The zero-order valence-electron chi connectivity index (χ0n) is 13.6. The molecule has 0 saturated carbocycles. The molecule has 0 radical (unpaired) electrons. The number of carbonyl (C=O) groups is 2. The van der Waals surface area contributed by atoms with Crippen molar-refractivity contribution in [2.75, 3.05) is 0 Å². The van der Waals surface area contributed by atoms with Crippen LogP contribution in [0.25, 0.3) is 10.9 Å². The van der Waals surface area contributed by atoms with Crippen LogP contribution >= 0.6 is 11.3 Å². The Labute approximate surface area is 144 Å². The minimum absolute atomic E-state index is 0.0145. The van der Waals surface area contributed by atoms with Crippen LogP contribution in [0.15, 0.2) is 41.8 Å². The fourth-order valence-electron chi connectivity index (χ4n) is 2.70. The summed E-state index contributed by atoms with van der Waals surface area (Å²) in [5.74, 6) is 0.102. The maximum Gasteiger partial charge on any atom is 0.220 e. The molecule has 124 valence electrons. The molecule has 2 heterocycles. The number of aromatic amines is 1. The lowest BCUT2D eigenvalue weighted by Gasteiger charge is -2.05. The standard InChI is InChI=1S/C19H20N2O2S/c1-13-10-15-11-14(7-8-16(15)21-13)12-20-19(23)6-2-4-17(22)18-5-3-9-24-18/h3,5,7-11,21H,2,4,6,12H2,1H3,(H,20,23). The number of thiophene rings is 1. The Morgan fingerprint density at radius 3 is 2.83 bits per heavy atom. The number of rotatable bonds is 7. The van der Waals surface area contributed by atoms with Crippen molar-refractivity contribution in [2.45, 2.75) is 32.7 Å². The smallest absolute Gasteiger partial charge is 0.220 e. The molecular weight excluding hydrogens is 320 g/mol. The van der Waals surface area contributed by atoms with Crippen molar-refractivity contribution < 1.29 is 9.59 Å². The number of benzene rings is 1. The average molecular weight is 340 g/mol. The van der Waals surface area contributed by atoms with Crippen molar-refractivity contribution in [1.29, 1.82) is 0 Å². The normalized spacial score (nSPS) is 10.9. The van der Waals surface area contributed by atoms with E-state index in [1.165, 1.54) is 11.3 Å². The summed E-state index contributed by atoms with van der Waals surface area (Å²) in [6, 6.07) is 11.9. The molecule has 0 fully saturated rings. The fourth-order valence-corrected chi connectivity index (χ4v) is 3.39. The Kier molecular flexibility index (Phi) is 5.11. The summed E-state index contributed by atoms with van der Waals surface area (Å²) in [5, 5.41) is 5.97. The molecule has 0 aliphatic carbocycles. The van der Waals surface area contributed by atoms with E-state index in [2.05, 4.69) is 22.4 Å². The van der Waals surface area contributed by atoms with E-state index in [1.807, 2.05) is 36.6 Å². The lowest BCUT2D eigenvalue weighted by molar-refractivity contribution is -0.121. The lowest BCUT2D eigenvalue weighted by atomic mass is 10.1. The van der Waals surface area contributed by atoms with Crippen molar-refractivity contribution in [3.8, 4) is 0 Å². The lowest BCUT2D eigenvalue weighted by Crippen LogP contribution is -2.22. The van der Waals surface area contributed by atoms with Gasteiger partial charge in [-0.2, -0.15) is 0 Å². The summed E-state index contributed by atoms with van der Waals surface area (Å²) in [5.41, 5.74) is 3.31. The first-order chi connectivity index (χ1) is 11.6. The average Bonchev–Trinajstić information content (AvgIpc) is 3.20. The summed E-state index contributed by atoms with van der Waals surface area (Å²) in [6.45, 7) is 2.54. The van der Waals surface area contributed by atoms with Gasteiger partial charge in [-0.25, -0.2) is 0 Å². The van der Waals surface area contributed by atoms with Crippen LogP contribution in [0.3, 0.4) is 0 Å². The molecule has 3 rings (SSSR count).